The number of methoxy groups -OCH3 is 2. The fraction of sp³-hybridized carbons (Fsp3) is 0.263. The van der Waals surface area contributed by atoms with E-state index in [9.17, 15) is 4.79 Å². The molecule has 0 unspecified atom stereocenters. The van der Waals surface area contributed by atoms with Crippen molar-refractivity contribution < 1.29 is 9.47 Å². The third-order valence-corrected chi connectivity index (χ3v) is 5.44. The molecule has 5 nitrogen and oxygen atoms in total. The number of hydrogen-bond donors (Lipinski definition) is 0. The molecule has 0 atom stereocenters. The van der Waals surface area contributed by atoms with Gasteiger partial charge in [-0.3, -0.25) is 9.36 Å². The number of aromatic nitrogens is 2. The summed E-state index contributed by atoms with van der Waals surface area (Å²) in [6.45, 7) is 0.916. The lowest BCUT2D eigenvalue weighted by Gasteiger charge is -2.13. The smallest absolute Gasteiger partial charge is 0.262 e. The van der Waals surface area contributed by atoms with E-state index in [1.54, 1.807) is 18.8 Å². The molecule has 0 spiro atoms. The van der Waals surface area contributed by atoms with Crippen LogP contribution < -0.4 is 10.3 Å². The average molecular weight is 435 g/mol. The van der Waals surface area contributed by atoms with Crippen LogP contribution in [0.15, 0.2) is 56.9 Å². The first-order valence-corrected chi connectivity index (χ1v) is 9.85. The van der Waals surface area contributed by atoms with Crippen molar-refractivity contribution in [1.82, 2.24) is 9.55 Å². The van der Waals surface area contributed by atoms with Gasteiger partial charge < -0.3 is 9.47 Å². The van der Waals surface area contributed by atoms with Crippen LogP contribution in [0.2, 0.25) is 0 Å². The topological polar surface area (TPSA) is 53.4 Å². The number of rotatable bonds is 7. The van der Waals surface area contributed by atoms with E-state index in [0.29, 0.717) is 35.0 Å². The highest BCUT2D eigenvalue weighted by molar-refractivity contribution is 9.10. The van der Waals surface area contributed by atoms with Crippen LogP contribution in [-0.4, -0.2) is 30.4 Å². The van der Waals surface area contributed by atoms with Crippen molar-refractivity contribution in [3.8, 4) is 5.75 Å². The lowest BCUT2D eigenvalue weighted by atomic mass is 10.2. The second kappa shape index (κ2) is 8.70. The lowest BCUT2D eigenvalue weighted by molar-refractivity contribution is 0.183. The Kier molecular flexibility index (Phi) is 6.34. The van der Waals surface area contributed by atoms with E-state index in [-0.39, 0.29) is 5.56 Å². The molecule has 0 amide bonds. The van der Waals surface area contributed by atoms with Crippen LogP contribution >= 0.6 is 27.7 Å². The molecule has 0 N–H and O–H groups in total. The molecular formula is C19H19BrN2O3S. The van der Waals surface area contributed by atoms with E-state index in [4.69, 9.17) is 14.5 Å². The first kappa shape index (κ1) is 18.9. The van der Waals surface area contributed by atoms with Crippen molar-refractivity contribution in [2.75, 3.05) is 20.8 Å². The van der Waals surface area contributed by atoms with Gasteiger partial charge in [0.25, 0.3) is 5.56 Å². The van der Waals surface area contributed by atoms with Crippen LogP contribution in [0.5, 0.6) is 5.75 Å². The molecule has 3 rings (SSSR count). The molecular weight excluding hydrogens is 416 g/mol. The van der Waals surface area contributed by atoms with E-state index in [1.165, 1.54) is 11.8 Å². The van der Waals surface area contributed by atoms with Crippen LogP contribution in [-0.2, 0) is 17.0 Å². The predicted molar refractivity (Wildman–Crippen MR) is 108 cm³/mol. The summed E-state index contributed by atoms with van der Waals surface area (Å²) in [6.07, 6.45) is 0. The Morgan fingerprint density at radius 3 is 2.81 bits per heavy atom. The Hall–Kier alpha value is -1.83. The number of benzene rings is 2. The zero-order valence-corrected chi connectivity index (χ0v) is 17.0. The van der Waals surface area contributed by atoms with Gasteiger partial charge in [0.05, 0.1) is 31.2 Å². The van der Waals surface area contributed by atoms with Gasteiger partial charge in [-0.15, -0.1) is 0 Å². The molecule has 26 heavy (non-hydrogen) atoms. The quantitative estimate of drug-likeness (QED) is 0.413. The molecule has 0 aliphatic carbocycles. The molecule has 7 heteroatoms. The molecule has 0 aliphatic rings. The lowest BCUT2D eigenvalue weighted by Crippen LogP contribution is -2.25. The maximum absolute atomic E-state index is 12.9. The normalized spacial score (nSPS) is 11.0. The third-order valence-electron chi connectivity index (χ3n) is 3.90. The Balaban J connectivity index is 1.97. The SMILES string of the molecule is COCCn1c(SCc2cccc(OC)c2)nc2ccc(Br)cc2c1=O. The first-order valence-electron chi connectivity index (χ1n) is 8.07. The molecule has 0 saturated carbocycles. The van der Waals surface area contributed by atoms with Gasteiger partial charge in [0.2, 0.25) is 0 Å². The van der Waals surface area contributed by atoms with Crippen molar-refractivity contribution in [3.05, 3.63) is 62.9 Å². The van der Waals surface area contributed by atoms with Gasteiger partial charge in [-0.2, -0.15) is 0 Å². The second-order valence-electron chi connectivity index (χ2n) is 5.65. The van der Waals surface area contributed by atoms with Crippen molar-refractivity contribution in [1.29, 1.82) is 0 Å². The molecule has 1 aromatic heterocycles. The predicted octanol–water partition coefficient (Wildman–Crippen LogP) is 4.11. The summed E-state index contributed by atoms with van der Waals surface area (Å²) in [5.74, 6) is 1.51. The zero-order chi connectivity index (χ0) is 18.5. The third kappa shape index (κ3) is 4.28. The largest absolute Gasteiger partial charge is 0.497 e. The van der Waals surface area contributed by atoms with Crippen molar-refractivity contribution >= 4 is 38.6 Å². The fourth-order valence-electron chi connectivity index (χ4n) is 2.57. The maximum Gasteiger partial charge on any atom is 0.262 e. The number of halogens is 1. The standard InChI is InChI=1S/C19H19BrN2O3S/c1-24-9-8-22-18(23)16-11-14(20)6-7-17(16)21-19(22)26-12-13-4-3-5-15(10-13)25-2/h3-7,10-11H,8-9,12H2,1-2H3. The Labute approximate surface area is 164 Å². The van der Waals surface area contributed by atoms with Gasteiger partial charge >= 0.3 is 0 Å². The molecule has 0 radical (unpaired) electrons. The fourth-order valence-corrected chi connectivity index (χ4v) is 3.90. The summed E-state index contributed by atoms with van der Waals surface area (Å²) < 4.78 is 13.0. The minimum absolute atomic E-state index is 0.0542. The van der Waals surface area contributed by atoms with E-state index >= 15 is 0 Å². The van der Waals surface area contributed by atoms with E-state index in [0.717, 1.165) is 15.8 Å². The van der Waals surface area contributed by atoms with Gasteiger partial charge in [-0.1, -0.05) is 39.8 Å². The number of nitrogens with zero attached hydrogens (tertiary/aromatic N) is 2. The van der Waals surface area contributed by atoms with Crippen molar-refractivity contribution in [2.45, 2.75) is 17.5 Å². The van der Waals surface area contributed by atoms with Gasteiger partial charge in [0.1, 0.15) is 5.75 Å². The molecule has 2 aromatic carbocycles. The Bertz CT molecular complexity index is 975. The summed E-state index contributed by atoms with van der Waals surface area (Å²) in [5.41, 5.74) is 1.75. The monoisotopic (exact) mass is 434 g/mol. The molecule has 136 valence electrons. The number of fused-ring (bicyclic) bond motifs is 1. The minimum Gasteiger partial charge on any atom is -0.497 e. The highest BCUT2D eigenvalue weighted by Crippen LogP contribution is 2.25. The Morgan fingerprint density at radius 2 is 2.04 bits per heavy atom. The molecule has 0 fully saturated rings. The first-order chi connectivity index (χ1) is 12.6. The molecule has 0 saturated heterocycles. The van der Waals surface area contributed by atoms with Gasteiger partial charge in [0, 0.05) is 17.3 Å². The van der Waals surface area contributed by atoms with Gasteiger partial charge in [0.15, 0.2) is 5.16 Å². The zero-order valence-electron chi connectivity index (χ0n) is 14.6. The van der Waals surface area contributed by atoms with Crippen LogP contribution in [0.3, 0.4) is 0 Å². The summed E-state index contributed by atoms with van der Waals surface area (Å²) in [5, 5.41) is 1.28. The van der Waals surface area contributed by atoms with Gasteiger partial charge in [-0.25, -0.2) is 4.98 Å². The summed E-state index contributed by atoms with van der Waals surface area (Å²) >= 11 is 4.95. The average Bonchev–Trinajstić information content (AvgIpc) is 2.66. The summed E-state index contributed by atoms with van der Waals surface area (Å²) in [4.78, 5) is 17.6. The van der Waals surface area contributed by atoms with Crippen molar-refractivity contribution in [2.24, 2.45) is 0 Å². The minimum atomic E-state index is -0.0542. The number of thioether (sulfide) groups is 1. The van der Waals surface area contributed by atoms with E-state index in [1.807, 2.05) is 42.5 Å². The van der Waals surface area contributed by atoms with Crippen LogP contribution in [0.25, 0.3) is 10.9 Å². The highest BCUT2D eigenvalue weighted by atomic mass is 79.9. The summed E-state index contributed by atoms with van der Waals surface area (Å²) in [7, 11) is 3.27. The molecule has 0 bridgehead atoms. The van der Waals surface area contributed by atoms with Crippen LogP contribution in [0, 0.1) is 0 Å². The maximum atomic E-state index is 12.9. The molecule has 3 aromatic rings. The van der Waals surface area contributed by atoms with E-state index in [2.05, 4.69) is 15.9 Å². The molecule has 0 aliphatic heterocycles. The van der Waals surface area contributed by atoms with E-state index < -0.39 is 0 Å². The Morgan fingerprint density at radius 1 is 1.19 bits per heavy atom. The van der Waals surface area contributed by atoms with Crippen LogP contribution in [0.4, 0.5) is 0 Å². The van der Waals surface area contributed by atoms with Crippen molar-refractivity contribution in [3.63, 3.8) is 0 Å². The van der Waals surface area contributed by atoms with Crippen LogP contribution in [0.1, 0.15) is 5.56 Å². The number of hydrogen-bond acceptors (Lipinski definition) is 5. The summed E-state index contributed by atoms with van der Waals surface area (Å²) in [6, 6.07) is 13.5. The number of ether oxygens (including phenoxy) is 2. The van der Waals surface area contributed by atoms with Gasteiger partial charge in [-0.05, 0) is 35.9 Å². The second-order valence-corrected chi connectivity index (χ2v) is 7.50. The molecule has 1 heterocycles. The highest BCUT2D eigenvalue weighted by Gasteiger charge is 2.12.